The SMILES string of the molecule is CC(=O)c1cn(C2CC2)c2nc(-c3cc4c(s3)CCCC4N=[N+]=[N-])c(F)c(C)c2c1=O. The van der Waals surface area contributed by atoms with Crippen LogP contribution in [-0.4, -0.2) is 15.3 Å². The number of carbonyl (C=O) groups excluding carboxylic acids is 1. The molecule has 158 valence electrons. The lowest BCUT2D eigenvalue weighted by atomic mass is 9.94. The molecular formula is C22H20FN5O2S. The number of ketones is 1. The Kier molecular flexibility index (Phi) is 4.68. The number of Topliss-reactive ketones (excluding diaryl/α,β-unsaturated/α-hetero) is 1. The zero-order valence-corrected chi connectivity index (χ0v) is 18.0. The number of aromatic nitrogens is 2. The van der Waals surface area contributed by atoms with Gasteiger partial charge in [-0.25, -0.2) is 9.37 Å². The summed E-state index contributed by atoms with van der Waals surface area (Å²) in [6, 6.07) is 1.79. The van der Waals surface area contributed by atoms with Gasteiger partial charge in [0.05, 0.1) is 21.9 Å². The standard InChI is InChI=1S/C22H20FN5O2S/c1-10-18-21(30)14(11(2)29)9-28(12-6-7-12)22(18)25-20(19(10)23)17-8-13-15(26-27-24)4-3-5-16(13)31-17/h8-9,12,15H,3-7H2,1-2H3. The molecule has 0 N–H and O–H groups in total. The highest BCUT2D eigenvalue weighted by Gasteiger charge is 2.30. The summed E-state index contributed by atoms with van der Waals surface area (Å²) in [6.07, 6.45) is 6.00. The quantitative estimate of drug-likeness (QED) is 0.223. The molecule has 1 saturated carbocycles. The van der Waals surface area contributed by atoms with Gasteiger partial charge >= 0.3 is 0 Å². The predicted molar refractivity (Wildman–Crippen MR) is 117 cm³/mol. The lowest BCUT2D eigenvalue weighted by Crippen LogP contribution is -2.20. The molecule has 3 aromatic heterocycles. The summed E-state index contributed by atoms with van der Waals surface area (Å²) in [4.78, 5) is 34.3. The number of pyridine rings is 2. The van der Waals surface area contributed by atoms with Crippen LogP contribution in [0.2, 0.25) is 0 Å². The average Bonchev–Trinajstić information content (AvgIpc) is 3.48. The molecule has 0 bridgehead atoms. The van der Waals surface area contributed by atoms with Crippen LogP contribution in [0.15, 0.2) is 22.2 Å². The van der Waals surface area contributed by atoms with Gasteiger partial charge in [-0.05, 0) is 63.1 Å². The van der Waals surface area contributed by atoms with Crippen LogP contribution in [0.1, 0.15) is 71.1 Å². The monoisotopic (exact) mass is 437 g/mol. The molecule has 0 aromatic carbocycles. The third-order valence-electron chi connectivity index (χ3n) is 6.16. The van der Waals surface area contributed by atoms with Crippen molar-refractivity contribution in [3.8, 4) is 10.6 Å². The third-order valence-corrected chi connectivity index (χ3v) is 7.38. The van der Waals surface area contributed by atoms with Crippen molar-refractivity contribution in [2.75, 3.05) is 0 Å². The van der Waals surface area contributed by atoms with E-state index in [1.54, 1.807) is 13.1 Å². The minimum Gasteiger partial charge on any atom is -0.328 e. The van der Waals surface area contributed by atoms with Crippen LogP contribution in [0.5, 0.6) is 0 Å². The average molecular weight is 438 g/mol. The highest BCUT2D eigenvalue weighted by atomic mass is 32.1. The Morgan fingerprint density at radius 3 is 2.84 bits per heavy atom. The van der Waals surface area contributed by atoms with Gasteiger partial charge in [-0.1, -0.05) is 5.11 Å². The van der Waals surface area contributed by atoms with Crippen LogP contribution >= 0.6 is 11.3 Å². The summed E-state index contributed by atoms with van der Waals surface area (Å²) in [5.74, 6) is -0.883. The van der Waals surface area contributed by atoms with Crippen molar-refractivity contribution >= 4 is 28.2 Å². The van der Waals surface area contributed by atoms with Crippen molar-refractivity contribution in [3.63, 3.8) is 0 Å². The van der Waals surface area contributed by atoms with Gasteiger partial charge in [0, 0.05) is 27.6 Å². The van der Waals surface area contributed by atoms with E-state index < -0.39 is 11.2 Å². The summed E-state index contributed by atoms with van der Waals surface area (Å²) in [6.45, 7) is 2.92. The zero-order chi connectivity index (χ0) is 21.9. The Balaban J connectivity index is 1.77. The van der Waals surface area contributed by atoms with Gasteiger partial charge in [-0.3, -0.25) is 9.59 Å². The maximum Gasteiger partial charge on any atom is 0.202 e. The first-order chi connectivity index (χ1) is 14.9. The van der Waals surface area contributed by atoms with E-state index in [0.29, 0.717) is 10.5 Å². The molecule has 0 aliphatic heterocycles. The topological polar surface area (TPSA) is 101 Å². The summed E-state index contributed by atoms with van der Waals surface area (Å²) in [5, 5.41) is 4.08. The van der Waals surface area contributed by atoms with Gasteiger partial charge in [-0.15, -0.1) is 11.3 Å². The molecule has 2 aliphatic rings. The largest absolute Gasteiger partial charge is 0.328 e. The van der Waals surface area contributed by atoms with E-state index in [0.717, 1.165) is 42.5 Å². The van der Waals surface area contributed by atoms with E-state index in [9.17, 15) is 9.59 Å². The Morgan fingerprint density at radius 1 is 1.39 bits per heavy atom. The first-order valence-electron chi connectivity index (χ1n) is 10.3. The molecule has 1 unspecified atom stereocenters. The van der Waals surface area contributed by atoms with Crippen LogP contribution in [0.3, 0.4) is 0 Å². The molecule has 9 heteroatoms. The van der Waals surface area contributed by atoms with Crippen molar-refractivity contribution in [2.45, 2.75) is 58.0 Å². The smallest absolute Gasteiger partial charge is 0.202 e. The molecule has 1 atom stereocenters. The van der Waals surface area contributed by atoms with Gasteiger partial charge in [0.25, 0.3) is 0 Å². The molecule has 5 rings (SSSR count). The van der Waals surface area contributed by atoms with Crippen LogP contribution < -0.4 is 5.43 Å². The molecule has 7 nitrogen and oxygen atoms in total. The molecular weight excluding hydrogens is 417 g/mol. The summed E-state index contributed by atoms with van der Waals surface area (Å²) < 4.78 is 17.4. The lowest BCUT2D eigenvalue weighted by molar-refractivity contribution is 0.101. The van der Waals surface area contributed by atoms with Gasteiger partial charge in [-0.2, -0.15) is 0 Å². The number of halogens is 1. The number of rotatable bonds is 4. The Bertz CT molecular complexity index is 1360. The minimum atomic E-state index is -0.549. The van der Waals surface area contributed by atoms with E-state index in [1.165, 1.54) is 18.3 Å². The molecule has 31 heavy (non-hydrogen) atoms. The second kappa shape index (κ2) is 7.28. The van der Waals surface area contributed by atoms with Gasteiger partial charge in [0.2, 0.25) is 5.43 Å². The maximum absolute atomic E-state index is 15.5. The van der Waals surface area contributed by atoms with Crippen molar-refractivity contribution in [2.24, 2.45) is 5.11 Å². The Labute approximate surface area is 181 Å². The number of aryl methyl sites for hydroxylation is 2. The molecule has 3 aromatic rings. The molecule has 0 spiro atoms. The van der Waals surface area contributed by atoms with E-state index in [-0.39, 0.29) is 40.1 Å². The fourth-order valence-corrected chi connectivity index (χ4v) is 5.64. The second-order valence-corrected chi connectivity index (χ2v) is 9.40. The number of hydrogen-bond acceptors (Lipinski definition) is 5. The molecule has 0 amide bonds. The summed E-state index contributed by atoms with van der Waals surface area (Å²) in [5.41, 5.74) is 10.2. The second-order valence-electron chi connectivity index (χ2n) is 8.27. The van der Waals surface area contributed by atoms with Crippen LogP contribution in [0.4, 0.5) is 4.39 Å². The normalized spacial score (nSPS) is 18.0. The number of nitrogens with zero attached hydrogens (tertiary/aromatic N) is 5. The molecule has 1 fully saturated rings. The van der Waals surface area contributed by atoms with E-state index >= 15 is 4.39 Å². The first kappa shape index (κ1) is 19.9. The van der Waals surface area contributed by atoms with E-state index in [1.807, 2.05) is 10.6 Å². The van der Waals surface area contributed by atoms with Crippen LogP contribution in [0.25, 0.3) is 32.0 Å². The summed E-state index contributed by atoms with van der Waals surface area (Å²) >= 11 is 1.46. The first-order valence-corrected chi connectivity index (χ1v) is 11.2. The third kappa shape index (κ3) is 3.16. The molecule has 0 saturated heterocycles. The maximum atomic E-state index is 15.5. The molecule has 3 heterocycles. The lowest BCUT2D eigenvalue weighted by Gasteiger charge is -2.17. The fraction of sp³-hybridized carbons (Fsp3) is 0.409. The number of fused-ring (bicyclic) bond motifs is 2. The van der Waals surface area contributed by atoms with E-state index in [2.05, 4.69) is 15.0 Å². The number of thiophene rings is 1. The number of azide groups is 1. The van der Waals surface area contributed by atoms with Gasteiger partial charge in [0.15, 0.2) is 11.6 Å². The van der Waals surface area contributed by atoms with Crippen molar-refractivity contribution in [1.82, 2.24) is 9.55 Å². The van der Waals surface area contributed by atoms with Crippen molar-refractivity contribution < 1.29 is 9.18 Å². The highest BCUT2D eigenvalue weighted by Crippen LogP contribution is 2.43. The van der Waals surface area contributed by atoms with Crippen molar-refractivity contribution in [3.05, 3.63) is 60.3 Å². The van der Waals surface area contributed by atoms with E-state index in [4.69, 9.17) is 5.53 Å². The Morgan fingerprint density at radius 2 is 2.16 bits per heavy atom. The zero-order valence-electron chi connectivity index (χ0n) is 17.2. The highest BCUT2D eigenvalue weighted by molar-refractivity contribution is 7.15. The molecule has 2 aliphatic carbocycles. The molecule has 0 radical (unpaired) electrons. The minimum absolute atomic E-state index is 0.0697. The fourth-order valence-electron chi connectivity index (χ4n) is 4.39. The van der Waals surface area contributed by atoms with Crippen molar-refractivity contribution in [1.29, 1.82) is 0 Å². The summed E-state index contributed by atoms with van der Waals surface area (Å²) in [7, 11) is 0. The van der Waals surface area contributed by atoms with Crippen LogP contribution in [0, 0.1) is 12.7 Å². The number of hydrogen-bond donors (Lipinski definition) is 0. The Hall–Kier alpha value is -3.03. The predicted octanol–water partition coefficient (Wildman–Crippen LogP) is 5.80. The van der Waals surface area contributed by atoms with Gasteiger partial charge < -0.3 is 4.57 Å². The van der Waals surface area contributed by atoms with Gasteiger partial charge in [0.1, 0.15) is 11.3 Å². The number of carbonyl (C=O) groups is 1. The van der Waals surface area contributed by atoms with Crippen LogP contribution in [-0.2, 0) is 6.42 Å².